The van der Waals surface area contributed by atoms with Gasteiger partial charge in [-0.3, -0.25) is 4.90 Å². The Morgan fingerprint density at radius 2 is 2.18 bits per heavy atom. The fourth-order valence-electron chi connectivity index (χ4n) is 2.43. The van der Waals surface area contributed by atoms with Crippen molar-refractivity contribution in [2.75, 3.05) is 32.8 Å². The minimum absolute atomic E-state index is 0.385. The lowest BCUT2D eigenvalue weighted by Crippen LogP contribution is -2.43. The third-order valence-corrected chi connectivity index (χ3v) is 3.78. The molecule has 17 heavy (non-hydrogen) atoms. The second kappa shape index (κ2) is 8.06. The third kappa shape index (κ3) is 5.36. The summed E-state index contributed by atoms with van der Waals surface area (Å²) in [6, 6.07) is 0.642. The smallest absolute Gasteiger partial charge is 0.0674 e. The monoisotopic (exact) mass is 242 g/mol. The van der Waals surface area contributed by atoms with E-state index in [-0.39, 0.29) is 0 Å². The molecular weight excluding hydrogens is 212 g/mol. The predicted octanol–water partition coefficient (Wildman–Crippen LogP) is 2.12. The molecule has 1 rings (SSSR count). The van der Waals surface area contributed by atoms with E-state index in [0.29, 0.717) is 18.1 Å². The van der Waals surface area contributed by atoms with E-state index >= 15 is 0 Å². The number of nitrogens with zero attached hydrogens (tertiary/aromatic N) is 1. The van der Waals surface area contributed by atoms with E-state index in [1.165, 1.54) is 19.4 Å². The molecule has 0 aromatic carbocycles. The fraction of sp³-hybridized carbons (Fsp3) is 1.00. The largest absolute Gasteiger partial charge is 0.377 e. The van der Waals surface area contributed by atoms with Gasteiger partial charge >= 0.3 is 0 Å². The first-order valence-electron chi connectivity index (χ1n) is 7.21. The van der Waals surface area contributed by atoms with E-state index in [9.17, 15) is 0 Å². The lowest BCUT2D eigenvalue weighted by molar-refractivity contribution is 0.0567. The Hall–Kier alpha value is -0.120. The van der Waals surface area contributed by atoms with Crippen molar-refractivity contribution in [2.24, 2.45) is 5.92 Å². The lowest BCUT2D eigenvalue weighted by atomic mass is 10.0. The van der Waals surface area contributed by atoms with Crippen molar-refractivity contribution in [3.05, 3.63) is 0 Å². The molecule has 0 bridgehead atoms. The summed E-state index contributed by atoms with van der Waals surface area (Å²) in [6.07, 6.45) is 2.77. The molecule has 1 saturated heterocycles. The molecule has 0 aliphatic carbocycles. The first kappa shape index (κ1) is 14.9. The molecule has 1 aliphatic rings. The Bertz CT molecular complexity index is 199. The van der Waals surface area contributed by atoms with Gasteiger partial charge in [-0.1, -0.05) is 13.8 Å². The van der Waals surface area contributed by atoms with Crippen molar-refractivity contribution in [2.45, 2.75) is 52.7 Å². The highest BCUT2D eigenvalue weighted by molar-refractivity contribution is 4.77. The van der Waals surface area contributed by atoms with Gasteiger partial charge in [0.15, 0.2) is 0 Å². The summed E-state index contributed by atoms with van der Waals surface area (Å²) in [5.41, 5.74) is 0. The molecule has 0 radical (unpaired) electrons. The molecule has 3 heteroatoms. The molecular formula is C14H30N2O. The van der Waals surface area contributed by atoms with Crippen molar-refractivity contribution >= 4 is 0 Å². The summed E-state index contributed by atoms with van der Waals surface area (Å²) in [6.45, 7) is 14.6. The van der Waals surface area contributed by atoms with Crippen LogP contribution in [0.3, 0.4) is 0 Å². The molecule has 1 fully saturated rings. The van der Waals surface area contributed by atoms with Gasteiger partial charge in [-0.15, -0.1) is 0 Å². The topological polar surface area (TPSA) is 24.5 Å². The number of hydrogen-bond acceptors (Lipinski definition) is 3. The van der Waals surface area contributed by atoms with E-state index in [1.54, 1.807) is 0 Å². The standard InChI is InChI=1S/C14H30N2O/c1-5-7-15-10-12(2)14(4)16-8-6-9-17-13(3)11-16/h12-15H,5-11H2,1-4H3. The highest BCUT2D eigenvalue weighted by atomic mass is 16.5. The van der Waals surface area contributed by atoms with Crippen molar-refractivity contribution in [3.63, 3.8) is 0 Å². The fourth-order valence-corrected chi connectivity index (χ4v) is 2.43. The second-order valence-electron chi connectivity index (χ2n) is 5.45. The van der Waals surface area contributed by atoms with Crippen LogP contribution in [0.1, 0.15) is 40.5 Å². The molecule has 0 aromatic rings. The van der Waals surface area contributed by atoms with Crippen molar-refractivity contribution in [1.82, 2.24) is 10.2 Å². The van der Waals surface area contributed by atoms with E-state index < -0.39 is 0 Å². The highest BCUT2D eigenvalue weighted by Crippen LogP contribution is 2.15. The summed E-state index contributed by atoms with van der Waals surface area (Å²) in [4.78, 5) is 2.59. The van der Waals surface area contributed by atoms with Crippen LogP contribution in [-0.2, 0) is 4.74 Å². The van der Waals surface area contributed by atoms with Crippen molar-refractivity contribution < 1.29 is 4.74 Å². The average molecular weight is 242 g/mol. The van der Waals surface area contributed by atoms with Crippen LogP contribution < -0.4 is 5.32 Å². The zero-order valence-electron chi connectivity index (χ0n) is 12.0. The molecule has 102 valence electrons. The number of rotatable bonds is 6. The zero-order valence-corrected chi connectivity index (χ0v) is 12.0. The van der Waals surface area contributed by atoms with Gasteiger partial charge < -0.3 is 10.1 Å². The highest BCUT2D eigenvalue weighted by Gasteiger charge is 2.23. The molecule has 0 aromatic heterocycles. The first-order chi connectivity index (χ1) is 8.15. The normalized spacial score (nSPS) is 26.5. The van der Waals surface area contributed by atoms with Crippen LogP contribution >= 0.6 is 0 Å². The number of ether oxygens (including phenoxy) is 1. The van der Waals surface area contributed by atoms with Crippen molar-refractivity contribution in [1.29, 1.82) is 0 Å². The minimum Gasteiger partial charge on any atom is -0.377 e. The molecule has 0 saturated carbocycles. The molecule has 3 unspecified atom stereocenters. The third-order valence-electron chi connectivity index (χ3n) is 3.78. The maximum absolute atomic E-state index is 5.70. The van der Waals surface area contributed by atoms with Gasteiger partial charge in [0.25, 0.3) is 0 Å². The van der Waals surface area contributed by atoms with Crippen LogP contribution in [0, 0.1) is 5.92 Å². The van der Waals surface area contributed by atoms with E-state index in [2.05, 4.69) is 37.9 Å². The molecule has 0 amide bonds. The van der Waals surface area contributed by atoms with Gasteiger partial charge in [-0.2, -0.15) is 0 Å². The van der Waals surface area contributed by atoms with Crippen LogP contribution in [0.5, 0.6) is 0 Å². The summed E-state index contributed by atoms with van der Waals surface area (Å²) in [5.74, 6) is 0.701. The maximum Gasteiger partial charge on any atom is 0.0674 e. The molecule has 1 aliphatic heterocycles. The molecule has 3 nitrogen and oxygen atoms in total. The summed E-state index contributed by atoms with van der Waals surface area (Å²) < 4.78 is 5.70. The Morgan fingerprint density at radius 1 is 1.41 bits per heavy atom. The Labute approximate surface area is 107 Å². The Balaban J connectivity index is 2.35. The Morgan fingerprint density at radius 3 is 2.88 bits per heavy atom. The zero-order chi connectivity index (χ0) is 12.7. The minimum atomic E-state index is 0.385. The summed E-state index contributed by atoms with van der Waals surface area (Å²) in [5, 5.41) is 3.52. The Kier molecular flexibility index (Phi) is 7.09. The van der Waals surface area contributed by atoms with Crippen LogP contribution in [-0.4, -0.2) is 49.8 Å². The molecule has 0 spiro atoms. The quantitative estimate of drug-likeness (QED) is 0.722. The van der Waals surface area contributed by atoms with Crippen molar-refractivity contribution in [3.8, 4) is 0 Å². The number of hydrogen-bond donors (Lipinski definition) is 1. The van der Waals surface area contributed by atoms with Crippen LogP contribution in [0.15, 0.2) is 0 Å². The molecule has 1 N–H and O–H groups in total. The summed E-state index contributed by atoms with van der Waals surface area (Å²) >= 11 is 0. The predicted molar refractivity (Wildman–Crippen MR) is 73.4 cm³/mol. The second-order valence-corrected chi connectivity index (χ2v) is 5.45. The van der Waals surface area contributed by atoms with Gasteiger partial charge in [0, 0.05) is 25.7 Å². The van der Waals surface area contributed by atoms with Crippen LogP contribution in [0.4, 0.5) is 0 Å². The van der Waals surface area contributed by atoms with Gasteiger partial charge in [-0.25, -0.2) is 0 Å². The van der Waals surface area contributed by atoms with E-state index in [1.807, 2.05) is 0 Å². The summed E-state index contributed by atoms with van der Waals surface area (Å²) in [7, 11) is 0. The van der Waals surface area contributed by atoms with E-state index in [4.69, 9.17) is 4.74 Å². The van der Waals surface area contributed by atoms with Crippen LogP contribution in [0.2, 0.25) is 0 Å². The van der Waals surface area contributed by atoms with Gasteiger partial charge in [0.05, 0.1) is 6.10 Å². The van der Waals surface area contributed by atoms with Gasteiger partial charge in [0.2, 0.25) is 0 Å². The van der Waals surface area contributed by atoms with Crippen LogP contribution in [0.25, 0.3) is 0 Å². The maximum atomic E-state index is 5.70. The SMILES string of the molecule is CCCNCC(C)C(C)N1CCCOC(C)C1. The van der Waals surface area contributed by atoms with Gasteiger partial charge in [-0.05, 0) is 45.7 Å². The first-order valence-corrected chi connectivity index (χ1v) is 7.21. The van der Waals surface area contributed by atoms with Gasteiger partial charge in [0.1, 0.15) is 0 Å². The molecule has 3 atom stereocenters. The van der Waals surface area contributed by atoms with E-state index in [0.717, 1.165) is 26.2 Å². The molecule has 1 heterocycles. The lowest BCUT2D eigenvalue weighted by Gasteiger charge is -2.33. The average Bonchev–Trinajstić information content (AvgIpc) is 2.53. The number of nitrogens with one attached hydrogen (secondary N) is 1.